The monoisotopic (exact) mass is 363 g/mol. The zero-order chi connectivity index (χ0) is 17.9. The van der Waals surface area contributed by atoms with Gasteiger partial charge in [0.2, 0.25) is 15.9 Å². The van der Waals surface area contributed by atoms with Gasteiger partial charge in [-0.25, -0.2) is 18.6 Å². The van der Waals surface area contributed by atoms with Gasteiger partial charge < -0.3 is 0 Å². The lowest BCUT2D eigenvalue weighted by Crippen LogP contribution is -2.40. The van der Waals surface area contributed by atoms with Crippen LogP contribution in [0, 0.1) is 0 Å². The number of aryl methyl sites for hydroxylation is 1. The normalized spacial score (nSPS) is 20.6. The number of nitrogens with one attached hydrogen (secondary N) is 2. The Balaban J connectivity index is 1.68. The first-order chi connectivity index (χ1) is 12.0. The highest BCUT2D eigenvalue weighted by Crippen LogP contribution is 2.24. The van der Waals surface area contributed by atoms with Crippen LogP contribution in [0.5, 0.6) is 0 Å². The zero-order valence-corrected chi connectivity index (χ0v) is 15.4. The van der Waals surface area contributed by atoms with Gasteiger partial charge in [-0.1, -0.05) is 25.5 Å². The SMILES string of the molecule is CCCCS(=O)(=O)NC1CCc2cc(C3=NNC(=O)CC3)ccc2C1. The lowest BCUT2D eigenvalue weighted by Gasteiger charge is -2.26. The number of benzene rings is 1. The molecule has 7 heteroatoms. The molecule has 0 saturated heterocycles. The topological polar surface area (TPSA) is 87.6 Å². The summed E-state index contributed by atoms with van der Waals surface area (Å²) in [6.07, 6.45) is 5.09. The molecule has 0 aromatic heterocycles. The van der Waals surface area contributed by atoms with E-state index in [9.17, 15) is 13.2 Å². The van der Waals surface area contributed by atoms with E-state index >= 15 is 0 Å². The fraction of sp³-hybridized carbons (Fsp3) is 0.556. The van der Waals surface area contributed by atoms with Crippen molar-refractivity contribution in [1.29, 1.82) is 0 Å². The molecule has 1 aromatic rings. The quantitative estimate of drug-likeness (QED) is 0.809. The molecule has 2 N–H and O–H groups in total. The van der Waals surface area contributed by atoms with Crippen LogP contribution < -0.4 is 10.1 Å². The van der Waals surface area contributed by atoms with Crippen molar-refractivity contribution in [2.75, 3.05) is 5.75 Å². The van der Waals surface area contributed by atoms with E-state index in [4.69, 9.17) is 0 Å². The highest BCUT2D eigenvalue weighted by atomic mass is 32.2. The Labute approximate surface area is 149 Å². The Kier molecular flexibility index (Phi) is 5.54. The van der Waals surface area contributed by atoms with E-state index < -0.39 is 10.0 Å². The number of carbonyl (C=O) groups is 1. The molecule has 3 rings (SSSR count). The molecule has 1 atom stereocenters. The van der Waals surface area contributed by atoms with Gasteiger partial charge in [-0.3, -0.25) is 4.79 Å². The third-order valence-corrected chi connectivity index (χ3v) is 6.30. The summed E-state index contributed by atoms with van der Waals surface area (Å²) < 4.78 is 27.0. The summed E-state index contributed by atoms with van der Waals surface area (Å²) in [7, 11) is -3.19. The number of carbonyl (C=O) groups excluding carboxylic acids is 1. The molecule has 2 aliphatic rings. The maximum atomic E-state index is 12.1. The van der Waals surface area contributed by atoms with Gasteiger partial charge >= 0.3 is 0 Å². The molecule has 1 aromatic carbocycles. The number of sulfonamides is 1. The molecule has 0 saturated carbocycles. The Morgan fingerprint density at radius 1 is 1.24 bits per heavy atom. The van der Waals surface area contributed by atoms with Crippen molar-refractivity contribution in [3.8, 4) is 0 Å². The second kappa shape index (κ2) is 7.66. The Hall–Kier alpha value is -1.73. The van der Waals surface area contributed by atoms with Gasteiger partial charge in [-0.15, -0.1) is 0 Å². The van der Waals surface area contributed by atoms with Crippen LogP contribution in [0.25, 0.3) is 0 Å². The molecule has 6 nitrogen and oxygen atoms in total. The van der Waals surface area contributed by atoms with Crippen LogP contribution in [0.3, 0.4) is 0 Å². The minimum Gasteiger partial charge on any atom is -0.273 e. The number of amides is 1. The number of hydrogen-bond acceptors (Lipinski definition) is 4. The van der Waals surface area contributed by atoms with Gasteiger partial charge in [0.15, 0.2) is 0 Å². The maximum Gasteiger partial charge on any atom is 0.240 e. The zero-order valence-electron chi connectivity index (χ0n) is 14.5. The van der Waals surface area contributed by atoms with E-state index in [1.165, 1.54) is 11.1 Å². The molecule has 0 spiro atoms. The molecule has 1 unspecified atom stereocenters. The van der Waals surface area contributed by atoms with Crippen molar-refractivity contribution in [3.05, 3.63) is 34.9 Å². The molecule has 1 aliphatic carbocycles. The maximum absolute atomic E-state index is 12.1. The van der Waals surface area contributed by atoms with E-state index in [0.717, 1.165) is 37.0 Å². The molecule has 1 amide bonds. The van der Waals surface area contributed by atoms with Crippen molar-refractivity contribution < 1.29 is 13.2 Å². The van der Waals surface area contributed by atoms with Gasteiger partial charge in [0.05, 0.1) is 11.5 Å². The summed E-state index contributed by atoms with van der Waals surface area (Å²) in [4.78, 5) is 11.2. The molecule has 0 bridgehead atoms. The average Bonchev–Trinajstić information content (AvgIpc) is 2.60. The Bertz CT molecular complexity index is 787. The van der Waals surface area contributed by atoms with Crippen LogP contribution in [-0.2, 0) is 27.7 Å². The first kappa shape index (κ1) is 18.1. The molecular formula is C18H25N3O3S. The van der Waals surface area contributed by atoms with Crippen LogP contribution >= 0.6 is 0 Å². The highest BCUT2D eigenvalue weighted by Gasteiger charge is 2.24. The third kappa shape index (κ3) is 4.67. The van der Waals surface area contributed by atoms with Crippen molar-refractivity contribution >= 4 is 21.6 Å². The molecule has 25 heavy (non-hydrogen) atoms. The minimum atomic E-state index is -3.19. The molecule has 1 heterocycles. The van der Waals surface area contributed by atoms with Crippen molar-refractivity contribution in [3.63, 3.8) is 0 Å². The molecule has 1 aliphatic heterocycles. The van der Waals surface area contributed by atoms with Crippen molar-refractivity contribution in [1.82, 2.24) is 10.1 Å². The fourth-order valence-corrected chi connectivity index (χ4v) is 4.86. The molecular weight excluding hydrogens is 338 g/mol. The van der Waals surface area contributed by atoms with E-state index in [0.29, 0.717) is 19.3 Å². The number of rotatable bonds is 6. The minimum absolute atomic E-state index is 0.0217. The Morgan fingerprint density at radius 2 is 2.08 bits per heavy atom. The summed E-state index contributed by atoms with van der Waals surface area (Å²) in [5.41, 5.74) is 6.93. The van der Waals surface area contributed by atoms with E-state index in [1.807, 2.05) is 13.0 Å². The fourth-order valence-electron chi connectivity index (χ4n) is 3.36. The van der Waals surface area contributed by atoms with Crippen LogP contribution in [-0.4, -0.2) is 31.8 Å². The third-order valence-electron chi connectivity index (χ3n) is 4.79. The Morgan fingerprint density at radius 3 is 2.80 bits per heavy atom. The molecule has 0 radical (unpaired) electrons. The van der Waals surface area contributed by atoms with Crippen molar-refractivity contribution in [2.45, 2.75) is 57.9 Å². The first-order valence-electron chi connectivity index (χ1n) is 8.94. The summed E-state index contributed by atoms with van der Waals surface area (Å²) in [5.74, 6) is 0.164. The van der Waals surface area contributed by atoms with Gasteiger partial charge in [0, 0.05) is 18.9 Å². The number of nitrogens with zero attached hydrogens (tertiary/aromatic N) is 1. The van der Waals surface area contributed by atoms with Gasteiger partial charge in [0.25, 0.3) is 0 Å². The number of fused-ring (bicyclic) bond motifs is 1. The van der Waals surface area contributed by atoms with Gasteiger partial charge in [-0.05, 0) is 48.4 Å². The number of hydrogen-bond donors (Lipinski definition) is 2. The lowest BCUT2D eigenvalue weighted by atomic mass is 9.86. The second-order valence-corrected chi connectivity index (χ2v) is 8.68. The summed E-state index contributed by atoms with van der Waals surface area (Å²) in [6, 6.07) is 6.19. The first-order valence-corrected chi connectivity index (χ1v) is 10.6. The van der Waals surface area contributed by atoms with Crippen LogP contribution in [0.4, 0.5) is 0 Å². The number of unbranched alkanes of at least 4 members (excludes halogenated alkanes) is 1. The standard InChI is InChI=1S/C18H25N3O3S/c1-2-3-10-25(23,24)21-16-7-6-13-11-15(5-4-14(13)12-16)17-8-9-18(22)20-19-17/h4-5,11,16,21H,2-3,6-10,12H2,1H3,(H,20,22). The smallest absolute Gasteiger partial charge is 0.240 e. The molecule has 0 fully saturated rings. The highest BCUT2D eigenvalue weighted by molar-refractivity contribution is 7.89. The largest absolute Gasteiger partial charge is 0.273 e. The van der Waals surface area contributed by atoms with E-state index in [-0.39, 0.29) is 17.7 Å². The average molecular weight is 363 g/mol. The van der Waals surface area contributed by atoms with E-state index in [2.05, 4.69) is 27.4 Å². The van der Waals surface area contributed by atoms with Crippen LogP contribution in [0.15, 0.2) is 23.3 Å². The van der Waals surface area contributed by atoms with Crippen LogP contribution in [0.2, 0.25) is 0 Å². The van der Waals surface area contributed by atoms with Gasteiger partial charge in [0.1, 0.15) is 0 Å². The second-order valence-electron chi connectivity index (χ2n) is 6.81. The van der Waals surface area contributed by atoms with Crippen LogP contribution in [0.1, 0.15) is 55.7 Å². The summed E-state index contributed by atoms with van der Waals surface area (Å²) in [5, 5.41) is 4.15. The van der Waals surface area contributed by atoms with E-state index in [1.54, 1.807) is 0 Å². The predicted octanol–water partition coefficient (Wildman–Crippen LogP) is 1.88. The summed E-state index contributed by atoms with van der Waals surface area (Å²) >= 11 is 0. The summed E-state index contributed by atoms with van der Waals surface area (Å²) in [6.45, 7) is 1.99. The predicted molar refractivity (Wildman–Crippen MR) is 98.0 cm³/mol. The lowest BCUT2D eigenvalue weighted by molar-refractivity contribution is -0.121. The molecule has 136 valence electrons. The van der Waals surface area contributed by atoms with Crippen molar-refractivity contribution in [2.24, 2.45) is 5.10 Å². The van der Waals surface area contributed by atoms with Gasteiger partial charge in [-0.2, -0.15) is 5.10 Å². The number of hydrazone groups is 1.